The molecule has 120 valence electrons. The Morgan fingerprint density at radius 3 is 2.35 bits per heavy atom. The summed E-state index contributed by atoms with van der Waals surface area (Å²) >= 11 is 0. The zero-order valence-corrected chi connectivity index (χ0v) is 13.2. The van der Waals surface area contributed by atoms with Crippen molar-refractivity contribution in [2.45, 2.75) is 0 Å². The third kappa shape index (κ3) is 4.50. The maximum Gasteiger partial charge on any atom is 0.247 e. The van der Waals surface area contributed by atoms with E-state index in [0.29, 0.717) is 0 Å². The molecule has 1 amide bonds. The van der Waals surface area contributed by atoms with Crippen LogP contribution in [0.4, 0.5) is 0 Å². The predicted octanol–water partition coefficient (Wildman–Crippen LogP) is 0.666. The molecule has 1 aromatic carbocycles. The van der Waals surface area contributed by atoms with Crippen LogP contribution >= 0.6 is 0 Å². The van der Waals surface area contributed by atoms with Crippen molar-refractivity contribution in [2.24, 2.45) is 5.92 Å². The lowest BCUT2D eigenvalue weighted by Crippen LogP contribution is -2.47. The normalized spacial score (nSPS) is 18.3. The van der Waals surface area contributed by atoms with Gasteiger partial charge in [-0.2, -0.15) is 5.26 Å². The number of amides is 1. The SMILES string of the molecule is N#CC(C(=O)/C=C/c1ccccc1)C(=O)N1CCS(=O)(=O)CC1. The Morgan fingerprint density at radius 1 is 1.17 bits per heavy atom. The number of carbonyl (C=O) groups is 2. The molecule has 1 atom stereocenters. The number of allylic oxidation sites excluding steroid dienone is 1. The summed E-state index contributed by atoms with van der Waals surface area (Å²) in [4.78, 5) is 25.6. The summed E-state index contributed by atoms with van der Waals surface area (Å²) in [6, 6.07) is 10.8. The van der Waals surface area contributed by atoms with Gasteiger partial charge in [0.05, 0.1) is 17.6 Å². The Labute approximate surface area is 134 Å². The Balaban J connectivity index is 2.04. The first-order valence-electron chi connectivity index (χ1n) is 7.09. The Hall–Kier alpha value is -2.46. The minimum absolute atomic E-state index is 0.0228. The number of rotatable bonds is 4. The van der Waals surface area contributed by atoms with Gasteiger partial charge in [-0.25, -0.2) is 8.42 Å². The third-order valence-electron chi connectivity index (χ3n) is 3.56. The van der Waals surface area contributed by atoms with Crippen molar-refractivity contribution in [3.63, 3.8) is 0 Å². The van der Waals surface area contributed by atoms with Gasteiger partial charge in [0, 0.05) is 13.1 Å². The first-order chi connectivity index (χ1) is 10.9. The molecule has 0 aliphatic carbocycles. The van der Waals surface area contributed by atoms with Crippen LogP contribution in [0.2, 0.25) is 0 Å². The maximum absolute atomic E-state index is 12.2. The highest BCUT2D eigenvalue weighted by molar-refractivity contribution is 7.91. The zero-order chi connectivity index (χ0) is 16.9. The lowest BCUT2D eigenvalue weighted by Gasteiger charge is -2.27. The van der Waals surface area contributed by atoms with Crippen LogP contribution in [0.15, 0.2) is 36.4 Å². The number of nitriles is 1. The number of hydrogen-bond acceptors (Lipinski definition) is 5. The van der Waals surface area contributed by atoms with Crippen molar-refractivity contribution < 1.29 is 18.0 Å². The first kappa shape index (κ1) is 16.9. The summed E-state index contributed by atoms with van der Waals surface area (Å²) in [5, 5.41) is 9.13. The van der Waals surface area contributed by atoms with E-state index in [1.165, 1.54) is 11.0 Å². The van der Waals surface area contributed by atoms with Crippen LogP contribution in [0.5, 0.6) is 0 Å². The second kappa shape index (κ2) is 7.20. The van der Waals surface area contributed by atoms with Crippen molar-refractivity contribution in [1.29, 1.82) is 5.26 Å². The van der Waals surface area contributed by atoms with Gasteiger partial charge in [0.1, 0.15) is 0 Å². The van der Waals surface area contributed by atoms with Crippen molar-refractivity contribution in [3.8, 4) is 6.07 Å². The number of carbonyl (C=O) groups excluding carboxylic acids is 2. The van der Waals surface area contributed by atoms with E-state index in [-0.39, 0.29) is 24.6 Å². The Morgan fingerprint density at radius 2 is 1.78 bits per heavy atom. The van der Waals surface area contributed by atoms with Gasteiger partial charge in [0.15, 0.2) is 21.5 Å². The van der Waals surface area contributed by atoms with E-state index in [4.69, 9.17) is 5.26 Å². The van der Waals surface area contributed by atoms with Crippen molar-refractivity contribution >= 4 is 27.6 Å². The molecule has 6 nitrogen and oxygen atoms in total. The molecule has 1 heterocycles. The molecular weight excluding hydrogens is 316 g/mol. The number of hydrogen-bond donors (Lipinski definition) is 0. The summed E-state index contributed by atoms with van der Waals surface area (Å²) < 4.78 is 22.7. The Kier molecular flexibility index (Phi) is 5.29. The highest BCUT2D eigenvalue weighted by atomic mass is 32.2. The molecule has 0 radical (unpaired) electrons. The van der Waals surface area contributed by atoms with Gasteiger partial charge in [-0.15, -0.1) is 0 Å². The summed E-state index contributed by atoms with van der Waals surface area (Å²) in [6.07, 6.45) is 2.75. The molecule has 0 bridgehead atoms. The molecule has 0 aromatic heterocycles. The molecule has 1 aliphatic heterocycles. The molecule has 0 saturated carbocycles. The largest absolute Gasteiger partial charge is 0.339 e. The lowest BCUT2D eigenvalue weighted by atomic mass is 10.0. The van der Waals surface area contributed by atoms with Crippen LogP contribution in [0.3, 0.4) is 0 Å². The average Bonchev–Trinajstić information content (AvgIpc) is 2.54. The number of benzene rings is 1. The quantitative estimate of drug-likeness (QED) is 0.596. The first-order valence-corrected chi connectivity index (χ1v) is 8.91. The number of nitrogens with zero attached hydrogens (tertiary/aromatic N) is 2. The van der Waals surface area contributed by atoms with Gasteiger partial charge in [0.25, 0.3) is 0 Å². The van der Waals surface area contributed by atoms with Crippen molar-refractivity contribution in [1.82, 2.24) is 4.90 Å². The van der Waals surface area contributed by atoms with Gasteiger partial charge in [-0.3, -0.25) is 9.59 Å². The standard InChI is InChI=1S/C16H16N2O4S/c17-12-14(15(19)7-6-13-4-2-1-3-5-13)16(20)18-8-10-23(21,22)11-9-18/h1-7,14H,8-11H2/b7-6+. The number of ketones is 1. The van der Waals surface area contributed by atoms with Crippen LogP contribution in [0, 0.1) is 17.2 Å². The second-order valence-electron chi connectivity index (χ2n) is 5.19. The van der Waals surface area contributed by atoms with Gasteiger partial charge in [-0.05, 0) is 11.6 Å². The third-order valence-corrected chi connectivity index (χ3v) is 5.17. The fourth-order valence-corrected chi connectivity index (χ4v) is 3.40. The summed E-state index contributed by atoms with van der Waals surface area (Å²) in [5.41, 5.74) is 0.786. The lowest BCUT2D eigenvalue weighted by molar-refractivity contribution is -0.137. The van der Waals surface area contributed by atoms with E-state index < -0.39 is 27.4 Å². The van der Waals surface area contributed by atoms with Gasteiger partial charge in [0.2, 0.25) is 5.91 Å². The topological polar surface area (TPSA) is 95.3 Å². The highest BCUT2D eigenvalue weighted by Gasteiger charge is 2.32. The highest BCUT2D eigenvalue weighted by Crippen LogP contribution is 2.11. The summed E-state index contributed by atoms with van der Waals surface area (Å²) in [6.45, 7) is 0.0457. The average molecular weight is 332 g/mol. The smallest absolute Gasteiger partial charge is 0.247 e. The van der Waals surface area contributed by atoms with Gasteiger partial charge in [-0.1, -0.05) is 36.4 Å². The summed E-state index contributed by atoms with van der Waals surface area (Å²) in [5.74, 6) is -2.94. The molecule has 23 heavy (non-hydrogen) atoms. The molecule has 1 aliphatic rings. The zero-order valence-electron chi connectivity index (χ0n) is 12.4. The predicted molar refractivity (Wildman–Crippen MR) is 84.8 cm³/mol. The monoisotopic (exact) mass is 332 g/mol. The van der Waals surface area contributed by atoms with Crippen LogP contribution in [0.25, 0.3) is 6.08 Å². The molecular formula is C16H16N2O4S. The summed E-state index contributed by atoms with van der Waals surface area (Å²) in [7, 11) is -3.12. The number of sulfone groups is 1. The Bertz CT molecular complexity index is 749. The van der Waals surface area contributed by atoms with Crippen LogP contribution in [-0.2, 0) is 19.4 Å². The second-order valence-corrected chi connectivity index (χ2v) is 7.49. The molecule has 1 saturated heterocycles. The van der Waals surface area contributed by atoms with Gasteiger partial charge >= 0.3 is 0 Å². The van der Waals surface area contributed by atoms with Crippen LogP contribution in [-0.4, -0.2) is 49.6 Å². The minimum Gasteiger partial charge on any atom is -0.339 e. The van der Waals surface area contributed by atoms with E-state index in [0.717, 1.165) is 5.56 Å². The molecule has 7 heteroatoms. The van der Waals surface area contributed by atoms with Crippen molar-refractivity contribution in [2.75, 3.05) is 24.6 Å². The van der Waals surface area contributed by atoms with Gasteiger partial charge < -0.3 is 4.90 Å². The molecule has 0 spiro atoms. The molecule has 0 N–H and O–H groups in total. The van der Waals surface area contributed by atoms with E-state index in [1.54, 1.807) is 24.3 Å². The molecule has 1 fully saturated rings. The van der Waals surface area contributed by atoms with Crippen molar-refractivity contribution in [3.05, 3.63) is 42.0 Å². The fraction of sp³-hybridized carbons (Fsp3) is 0.312. The fourth-order valence-electron chi connectivity index (χ4n) is 2.19. The van der Waals surface area contributed by atoms with E-state index >= 15 is 0 Å². The van der Waals surface area contributed by atoms with E-state index in [9.17, 15) is 18.0 Å². The molecule has 1 unspecified atom stereocenters. The molecule has 1 aromatic rings. The maximum atomic E-state index is 12.2. The van der Waals surface area contributed by atoms with Crippen LogP contribution < -0.4 is 0 Å². The van der Waals surface area contributed by atoms with E-state index in [2.05, 4.69) is 0 Å². The minimum atomic E-state index is -3.12. The van der Waals surface area contributed by atoms with E-state index in [1.807, 2.05) is 18.2 Å². The van der Waals surface area contributed by atoms with Crippen LogP contribution in [0.1, 0.15) is 5.56 Å². The molecule has 2 rings (SSSR count).